The number of benzene rings is 2. The van der Waals surface area contributed by atoms with Crippen molar-refractivity contribution in [1.82, 2.24) is 0 Å². The molecule has 1 fully saturated rings. The Morgan fingerprint density at radius 2 is 1.78 bits per heavy atom. The molecule has 1 saturated heterocycles. The van der Waals surface area contributed by atoms with E-state index in [9.17, 15) is 25.2 Å². The zero-order valence-corrected chi connectivity index (χ0v) is 22.5. The van der Waals surface area contributed by atoms with E-state index in [1.54, 1.807) is 24.3 Å². The number of carbonyl (C=O) groups excluding carboxylic acids is 1. The minimum absolute atomic E-state index is 0.0933. The van der Waals surface area contributed by atoms with Crippen LogP contribution in [0.2, 0.25) is 0 Å². The zero-order chi connectivity index (χ0) is 29.0. The number of aliphatic hydroxyl groups is 4. The first kappa shape index (κ1) is 27.8. The summed E-state index contributed by atoms with van der Waals surface area (Å²) in [6, 6.07) is 6.89. The summed E-state index contributed by atoms with van der Waals surface area (Å²) >= 11 is 0. The Hall–Kier alpha value is -3.39. The number of ketones is 1. The second-order valence-corrected chi connectivity index (χ2v) is 10.5. The van der Waals surface area contributed by atoms with Gasteiger partial charge in [-0.15, -0.1) is 0 Å². The van der Waals surface area contributed by atoms with Gasteiger partial charge in [-0.2, -0.15) is 0 Å². The number of hydrogen-bond donors (Lipinski definition) is 4. The van der Waals surface area contributed by atoms with Gasteiger partial charge in [-0.25, -0.2) is 0 Å². The maximum atomic E-state index is 13.8. The highest BCUT2D eigenvalue weighted by molar-refractivity contribution is 6.06. The van der Waals surface area contributed by atoms with Crippen LogP contribution in [0.3, 0.4) is 0 Å². The molecule has 220 valence electrons. The molecule has 0 aliphatic carbocycles. The molecule has 0 spiro atoms. The Morgan fingerprint density at radius 3 is 2.51 bits per heavy atom. The molecular weight excluding hydrogens is 540 g/mol. The molecule has 6 rings (SSSR count). The number of carbonyl (C=O) groups is 1. The third kappa shape index (κ3) is 4.60. The van der Waals surface area contributed by atoms with E-state index < -0.39 is 55.4 Å². The van der Waals surface area contributed by atoms with Gasteiger partial charge in [-0.1, -0.05) is 6.58 Å². The van der Waals surface area contributed by atoms with Crippen LogP contribution in [-0.4, -0.2) is 103 Å². The number of Topliss-reactive ketones (excluding diaryl/α,β-unsaturated/α-hetero) is 1. The van der Waals surface area contributed by atoms with Crippen molar-refractivity contribution < 1.29 is 58.4 Å². The first-order chi connectivity index (χ1) is 19.7. The molecule has 41 heavy (non-hydrogen) atoms. The summed E-state index contributed by atoms with van der Waals surface area (Å²) in [5.41, 5.74) is 2.36. The van der Waals surface area contributed by atoms with Crippen molar-refractivity contribution >= 4 is 5.78 Å². The van der Waals surface area contributed by atoms with Crippen LogP contribution in [-0.2, 0) is 15.9 Å². The van der Waals surface area contributed by atoms with Gasteiger partial charge in [-0.05, 0) is 23.8 Å². The molecule has 0 radical (unpaired) electrons. The highest BCUT2D eigenvalue weighted by atomic mass is 16.7. The Bertz CT molecular complexity index is 1360. The number of aliphatic hydroxyl groups excluding tert-OH is 4. The van der Waals surface area contributed by atoms with Gasteiger partial charge in [0.1, 0.15) is 60.5 Å². The van der Waals surface area contributed by atoms with E-state index in [2.05, 4.69) is 6.58 Å². The van der Waals surface area contributed by atoms with E-state index in [4.69, 9.17) is 33.2 Å². The summed E-state index contributed by atoms with van der Waals surface area (Å²) in [6.45, 7) is 3.57. The number of hydrogen-bond acceptors (Lipinski definition) is 12. The molecule has 4 aliphatic heterocycles. The largest absolute Gasteiger partial charge is 0.493 e. The molecule has 0 aromatic heterocycles. The molecule has 0 saturated carbocycles. The fourth-order valence-corrected chi connectivity index (χ4v) is 5.78. The maximum Gasteiger partial charge on any atom is 0.187 e. The first-order valence-corrected chi connectivity index (χ1v) is 13.3. The summed E-state index contributed by atoms with van der Waals surface area (Å²) in [5.74, 6) is 1.87. The van der Waals surface area contributed by atoms with Crippen LogP contribution in [0, 0.1) is 0 Å². The number of methoxy groups -OCH3 is 2. The SMILES string of the molecule is C=C(COC1OC(CO)C(O)C(O)C1O)C1Cc2c(ccc3c2OC2COc4cc(OC)c(OC)cc4C2C3=O)O1. The van der Waals surface area contributed by atoms with Crippen LogP contribution in [0.4, 0.5) is 0 Å². The molecule has 12 nitrogen and oxygen atoms in total. The lowest BCUT2D eigenvalue weighted by Gasteiger charge is -2.39. The van der Waals surface area contributed by atoms with Crippen LogP contribution in [0.15, 0.2) is 36.4 Å². The van der Waals surface area contributed by atoms with Gasteiger partial charge in [0, 0.05) is 23.6 Å². The predicted molar refractivity (Wildman–Crippen MR) is 140 cm³/mol. The summed E-state index contributed by atoms with van der Waals surface area (Å²) in [5, 5.41) is 39.6. The average molecular weight is 573 g/mol. The van der Waals surface area contributed by atoms with Gasteiger partial charge in [0.15, 0.2) is 23.6 Å². The third-order valence-corrected chi connectivity index (χ3v) is 8.06. The Labute approximate surface area is 235 Å². The first-order valence-electron chi connectivity index (χ1n) is 13.3. The second kappa shape index (κ2) is 10.8. The van der Waals surface area contributed by atoms with Gasteiger partial charge in [0.05, 0.1) is 38.9 Å². The average Bonchev–Trinajstić information content (AvgIpc) is 3.44. The van der Waals surface area contributed by atoms with Crippen LogP contribution in [0.25, 0.3) is 0 Å². The fraction of sp³-hybridized carbons (Fsp3) is 0.483. The minimum atomic E-state index is -1.55. The summed E-state index contributed by atoms with van der Waals surface area (Å²) in [7, 11) is 3.06. The smallest absolute Gasteiger partial charge is 0.187 e. The van der Waals surface area contributed by atoms with Crippen molar-refractivity contribution in [2.75, 3.05) is 34.0 Å². The molecule has 4 N–H and O–H groups in total. The van der Waals surface area contributed by atoms with Gasteiger partial charge in [0.2, 0.25) is 0 Å². The van der Waals surface area contributed by atoms with Crippen LogP contribution < -0.4 is 23.7 Å². The Kier molecular flexibility index (Phi) is 7.30. The van der Waals surface area contributed by atoms with E-state index in [0.29, 0.717) is 51.9 Å². The van der Waals surface area contributed by atoms with Crippen LogP contribution in [0.5, 0.6) is 28.7 Å². The molecule has 8 unspecified atom stereocenters. The van der Waals surface area contributed by atoms with Crippen LogP contribution in [0.1, 0.15) is 27.4 Å². The Balaban J connectivity index is 1.18. The molecule has 4 heterocycles. The van der Waals surface area contributed by atoms with E-state index in [-0.39, 0.29) is 19.0 Å². The lowest BCUT2D eigenvalue weighted by Crippen LogP contribution is -2.59. The van der Waals surface area contributed by atoms with Crippen molar-refractivity contribution in [3.8, 4) is 28.7 Å². The molecule has 12 heteroatoms. The standard InChI is InChI=1S/C29H32O12/c1-12(10-38-29-27(34)26(33)25(32)21(9-30)41-29)17-7-15-16(39-17)5-4-13-24(31)23-14-6-19(35-2)20(36-3)8-18(14)37-11-22(23)40-28(13)15/h4-6,8,17,21-23,25-27,29-30,32-34H,1,7,9-11H2,2-3H3. The molecule has 4 aliphatic rings. The summed E-state index contributed by atoms with van der Waals surface area (Å²) in [4.78, 5) is 13.8. The van der Waals surface area contributed by atoms with E-state index >= 15 is 0 Å². The summed E-state index contributed by atoms with van der Waals surface area (Å²) < 4.78 is 40.3. The van der Waals surface area contributed by atoms with Gasteiger partial charge in [0.25, 0.3) is 0 Å². The highest BCUT2D eigenvalue weighted by Crippen LogP contribution is 2.50. The van der Waals surface area contributed by atoms with E-state index in [1.807, 2.05) is 0 Å². The monoisotopic (exact) mass is 572 g/mol. The Morgan fingerprint density at radius 1 is 1.02 bits per heavy atom. The van der Waals surface area contributed by atoms with Gasteiger partial charge in [-0.3, -0.25) is 4.79 Å². The topological polar surface area (TPSA) is 163 Å². The van der Waals surface area contributed by atoms with Crippen molar-refractivity contribution in [1.29, 1.82) is 0 Å². The van der Waals surface area contributed by atoms with E-state index in [1.165, 1.54) is 14.2 Å². The number of fused-ring (bicyclic) bond motifs is 6. The zero-order valence-electron chi connectivity index (χ0n) is 22.5. The second-order valence-electron chi connectivity index (χ2n) is 10.5. The predicted octanol–water partition coefficient (Wildman–Crippen LogP) is 0.500. The molecule has 8 atom stereocenters. The molecule has 0 amide bonds. The quantitative estimate of drug-likeness (QED) is 0.341. The summed E-state index contributed by atoms with van der Waals surface area (Å²) in [6.07, 6.45) is -7.62. The fourth-order valence-electron chi connectivity index (χ4n) is 5.78. The molecule has 2 aromatic rings. The lowest BCUT2D eigenvalue weighted by molar-refractivity contribution is -0.299. The van der Waals surface area contributed by atoms with E-state index in [0.717, 1.165) is 5.56 Å². The molecular formula is C29H32O12. The van der Waals surface area contributed by atoms with Gasteiger partial charge < -0.3 is 53.6 Å². The minimum Gasteiger partial charge on any atom is -0.493 e. The lowest BCUT2D eigenvalue weighted by atomic mass is 9.81. The van der Waals surface area contributed by atoms with Crippen LogP contribution >= 0.6 is 0 Å². The van der Waals surface area contributed by atoms with Crippen molar-refractivity contribution in [2.24, 2.45) is 0 Å². The highest BCUT2D eigenvalue weighted by Gasteiger charge is 2.47. The number of rotatable bonds is 7. The normalized spacial score (nSPS) is 31.4. The molecule has 2 aromatic carbocycles. The van der Waals surface area contributed by atoms with Crippen molar-refractivity contribution in [3.63, 3.8) is 0 Å². The van der Waals surface area contributed by atoms with Crippen molar-refractivity contribution in [3.05, 3.63) is 53.1 Å². The third-order valence-electron chi connectivity index (χ3n) is 8.06. The maximum absolute atomic E-state index is 13.8. The van der Waals surface area contributed by atoms with Gasteiger partial charge >= 0.3 is 0 Å². The molecule has 0 bridgehead atoms. The number of ether oxygens (including phenoxy) is 7. The van der Waals surface area contributed by atoms with Crippen molar-refractivity contribution in [2.45, 2.75) is 55.3 Å².